The summed E-state index contributed by atoms with van der Waals surface area (Å²) in [4.78, 5) is 0. The van der Waals surface area contributed by atoms with Crippen LogP contribution in [0.4, 0.5) is 14.5 Å². The van der Waals surface area contributed by atoms with E-state index in [0.717, 1.165) is 31.4 Å². The Hall–Kier alpha value is -1.17. The highest BCUT2D eigenvalue weighted by molar-refractivity contribution is 7.92. The van der Waals surface area contributed by atoms with Gasteiger partial charge in [0.25, 0.3) is 0 Å². The van der Waals surface area contributed by atoms with E-state index >= 15 is 0 Å². The molecule has 0 saturated carbocycles. The van der Waals surface area contributed by atoms with Crippen molar-refractivity contribution in [2.45, 2.75) is 96.8 Å². The first kappa shape index (κ1) is 24.9. The maximum Gasteiger partial charge on any atom is 0.232 e. The molecule has 1 aromatic carbocycles. The monoisotopic (exact) mass is 417 g/mol. The predicted molar refractivity (Wildman–Crippen MR) is 114 cm³/mol. The van der Waals surface area contributed by atoms with Crippen LogP contribution in [-0.2, 0) is 10.0 Å². The summed E-state index contributed by atoms with van der Waals surface area (Å²) in [6.07, 6.45) is 16.8. The van der Waals surface area contributed by atoms with Crippen LogP contribution in [0.25, 0.3) is 0 Å². The topological polar surface area (TPSA) is 46.2 Å². The van der Waals surface area contributed by atoms with Gasteiger partial charge < -0.3 is 0 Å². The van der Waals surface area contributed by atoms with Crippen LogP contribution in [0.3, 0.4) is 0 Å². The third-order valence-electron chi connectivity index (χ3n) is 4.96. The molecule has 1 rings (SSSR count). The molecular formula is C22H37F2NO2S. The summed E-state index contributed by atoms with van der Waals surface area (Å²) in [6.45, 7) is 2.24. The Morgan fingerprint density at radius 1 is 0.750 bits per heavy atom. The number of unbranched alkanes of at least 4 members (excludes halogenated alkanes) is 13. The van der Waals surface area contributed by atoms with E-state index < -0.39 is 21.7 Å². The Labute approximate surface area is 170 Å². The Morgan fingerprint density at radius 2 is 1.21 bits per heavy atom. The first-order valence-corrected chi connectivity index (χ1v) is 12.6. The molecule has 0 unspecified atom stereocenters. The number of rotatable bonds is 17. The SMILES string of the molecule is CCCCCCCCCCCCCCCCS(=O)(=O)Nc1ccc(F)cc1F. The summed E-state index contributed by atoms with van der Waals surface area (Å²) >= 11 is 0. The molecule has 0 aliphatic heterocycles. The number of benzene rings is 1. The van der Waals surface area contributed by atoms with Gasteiger partial charge in [-0.15, -0.1) is 0 Å². The minimum absolute atomic E-state index is 0.0398. The van der Waals surface area contributed by atoms with Crippen molar-refractivity contribution >= 4 is 15.7 Å². The van der Waals surface area contributed by atoms with Crippen LogP contribution in [0.5, 0.6) is 0 Å². The van der Waals surface area contributed by atoms with Gasteiger partial charge in [0.2, 0.25) is 10.0 Å². The summed E-state index contributed by atoms with van der Waals surface area (Å²) in [7, 11) is -3.60. The summed E-state index contributed by atoms with van der Waals surface area (Å²) in [6, 6.07) is 2.81. The average molecular weight is 418 g/mol. The minimum Gasteiger partial charge on any atom is -0.281 e. The van der Waals surface area contributed by atoms with Crippen molar-refractivity contribution in [3.8, 4) is 0 Å². The fourth-order valence-electron chi connectivity index (χ4n) is 3.28. The van der Waals surface area contributed by atoms with E-state index in [4.69, 9.17) is 0 Å². The van der Waals surface area contributed by atoms with Crippen LogP contribution in [0.2, 0.25) is 0 Å². The highest BCUT2D eigenvalue weighted by Crippen LogP contribution is 2.17. The molecule has 0 radical (unpaired) electrons. The van der Waals surface area contributed by atoms with Crippen LogP contribution in [0.15, 0.2) is 18.2 Å². The summed E-state index contributed by atoms with van der Waals surface area (Å²) in [5.74, 6) is -1.67. The van der Waals surface area contributed by atoms with Gasteiger partial charge in [-0.1, -0.05) is 90.4 Å². The van der Waals surface area contributed by atoms with Crippen molar-refractivity contribution in [1.29, 1.82) is 0 Å². The first-order valence-electron chi connectivity index (χ1n) is 10.9. The molecule has 0 atom stereocenters. The third kappa shape index (κ3) is 12.3. The zero-order chi connectivity index (χ0) is 20.7. The summed E-state index contributed by atoms with van der Waals surface area (Å²) in [5, 5.41) is 0. The van der Waals surface area contributed by atoms with Crippen LogP contribution in [-0.4, -0.2) is 14.2 Å². The largest absolute Gasteiger partial charge is 0.281 e. The van der Waals surface area contributed by atoms with E-state index in [9.17, 15) is 17.2 Å². The standard InChI is InChI=1S/C22H37F2NO2S/c1-2-3-4-5-6-7-8-9-10-11-12-13-14-15-18-28(26,27)25-22-17-16-20(23)19-21(22)24/h16-17,19,25H,2-15,18H2,1H3. The van der Waals surface area contributed by atoms with Crippen LogP contribution >= 0.6 is 0 Å². The Bertz CT molecular complexity index is 635. The van der Waals surface area contributed by atoms with Crippen LogP contribution in [0.1, 0.15) is 96.8 Å². The van der Waals surface area contributed by atoms with Gasteiger partial charge in [-0.3, -0.25) is 4.72 Å². The second-order valence-electron chi connectivity index (χ2n) is 7.64. The Balaban J connectivity index is 1.99. The van der Waals surface area contributed by atoms with Gasteiger partial charge in [-0.2, -0.15) is 0 Å². The van der Waals surface area contributed by atoms with Gasteiger partial charge in [0.1, 0.15) is 11.6 Å². The lowest BCUT2D eigenvalue weighted by Crippen LogP contribution is -2.17. The summed E-state index contributed by atoms with van der Waals surface area (Å²) in [5.41, 5.74) is -0.202. The zero-order valence-corrected chi connectivity index (χ0v) is 18.1. The molecule has 0 bridgehead atoms. The third-order valence-corrected chi connectivity index (χ3v) is 6.32. The van der Waals surface area contributed by atoms with E-state index in [1.165, 1.54) is 64.2 Å². The lowest BCUT2D eigenvalue weighted by Gasteiger charge is -2.09. The lowest BCUT2D eigenvalue weighted by atomic mass is 10.0. The highest BCUT2D eigenvalue weighted by Gasteiger charge is 2.13. The molecule has 0 aliphatic rings. The van der Waals surface area contributed by atoms with Gasteiger partial charge in [-0.05, 0) is 18.6 Å². The zero-order valence-electron chi connectivity index (χ0n) is 17.3. The Kier molecular flexibility index (Phi) is 13.1. The van der Waals surface area contributed by atoms with E-state index in [1.807, 2.05) is 0 Å². The molecule has 1 N–H and O–H groups in total. The maximum absolute atomic E-state index is 13.5. The molecule has 0 aromatic heterocycles. The second kappa shape index (κ2) is 14.8. The first-order chi connectivity index (χ1) is 13.4. The molecule has 0 saturated heterocycles. The highest BCUT2D eigenvalue weighted by atomic mass is 32.2. The number of halogens is 2. The Morgan fingerprint density at radius 3 is 1.68 bits per heavy atom. The van der Waals surface area contributed by atoms with Crippen molar-refractivity contribution in [1.82, 2.24) is 0 Å². The number of sulfonamides is 1. The molecule has 28 heavy (non-hydrogen) atoms. The molecule has 0 fully saturated rings. The molecular weight excluding hydrogens is 380 g/mol. The number of anilines is 1. The fraction of sp³-hybridized carbons (Fsp3) is 0.727. The average Bonchev–Trinajstić information content (AvgIpc) is 2.64. The van der Waals surface area contributed by atoms with Crippen molar-refractivity contribution in [2.75, 3.05) is 10.5 Å². The van der Waals surface area contributed by atoms with Crippen molar-refractivity contribution in [3.05, 3.63) is 29.8 Å². The molecule has 162 valence electrons. The van der Waals surface area contributed by atoms with E-state index in [2.05, 4.69) is 11.6 Å². The van der Waals surface area contributed by atoms with Crippen molar-refractivity contribution in [2.24, 2.45) is 0 Å². The van der Waals surface area contributed by atoms with Crippen LogP contribution < -0.4 is 4.72 Å². The van der Waals surface area contributed by atoms with Gasteiger partial charge in [0.05, 0.1) is 11.4 Å². The molecule has 1 aromatic rings. The second-order valence-corrected chi connectivity index (χ2v) is 9.48. The van der Waals surface area contributed by atoms with Gasteiger partial charge in [0, 0.05) is 6.07 Å². The van der Waals surface area contributed by atoms with E-state index in [1.54, 1.807) is 0 Å². The molecule has 0 amide bonds. The molecule has 0 spiro atoms. The van der Waals surface area contributed by atoms with E-state index in [0.29, 0.717) is 12.5 Å². The molecule has 6 heteroatoms. The van der Waals surface area contributed by atoms with Gasteiger partial charge in [-0.25, -0.2) is 17.2 Å². The fourth-order valence-corrected chi connectivity index (χ4v) is 4.46. The smallest absolute Gasteiger partial charge is 0.232 e. The van der Waals surface area contributed by atoms with Gasteiger partial charge in [0.15, 0.2) is 0 Å². The van der Waals surface area contributed by atoms with Crippen LogP contribution in [0, 0.1) is 11.6 Å². The van der Waals surface area contributed by atoms with E-state index in [-0.39, 0.29) is 11.4 Å². The van der Waals surface area contributed by atoms with Gasteiger partial charge >= 0.3 is 0 Å². The number of hydrogen-bond acceptors (Lipinski definition) is 2. The normalized spacial score (nSPS) is 11.7. The quantitative estimate of drug-likeness (QED) is 0.273. The maximum atomic E-state index is 13.5. The minimum atomic E-state index is -3.60. The molecule has 3 nitrogen and oxygen atoms in total. The predicted octanol–water partition coefficient (Wildman–Crippen LogP) is 7.19. The number of hydrogen-bond donors (Lipinski definition) is 1. The summed E-state index contributed by atoms with van der Waals surface area (Å²) < 4.78 is 52.5. The van der Waals surface area contributed by atoms with Crippen molar-refractivity contribution in [3.63, 3.8) is 0 Å². The number of nitrogens with one attached hydrogen (secondary N) is 1. The van der Waals surface area contributed by atoms with Crippen molar-refractivity contribution < 1.29 is 17.2 Å². The lowest BCUT2D eigenvalue weighted by molar-refractivity contribution is 0.537. The molecule has 0 heterocycles. The molecule has 0 aliphatic carbocycles.